The minimum Gasteiger partial charge on any atom is -0.345 e. The summed E-state index contributed by atoms with van der Waals surface area (Å²) in [5.41, 5.74) is -0.219. The highest BCUT2D eigenvalue weighted by atomic mass is 16.2. The summed E-state index contributed by atoms with van der Waals surface area (Å²) in [4.78, 5) is 32.5. The highest BCUT2D eigenvalue weighted by Crippen LogP contribution is 2.26. The highest BCUT2D eigenvalue weighted by molar-refractivity contribution is 5.89. The molecule has 0 bridgehead atoms. The second-order valence-corrected chi connectivity index (χ2v) is 7.39. The highest BCUT2D eigenvalue weighted by Gasteiger charge is 2.40. The molecule has 6 heteroatoms. The second kappa shape index (κ2) is 6.72. The summed E-state index contributed by atoms with van der Waals surface area (Å²) >= 11 is 0. The van der Waals surface area contributed by atoms with E-state index >= 15 is 0 Å². The van der Waals surface area contributed by atoms with Crippen LogP contribution in [0.1, 0.15) is 39.4 Å². The maximum atomic E-state index is 12.5. The van der Waals surface area contributed by atoms with E-state index in [0.29, 0.717) is 19.5 Å². The minimum atomic E-state index is -0.219. The first-order valence-corrected chi connectivity index (χ1v) is 8.22. The van der Waals surface area contributed by atoms with E-state index in [2.05, 4.69) is 4.98 Å². The number of hydrogen-bond acceptors (Lipinski definition) is 3. The van der Waals surface area contributed by atoms with Gasteiger partial charge < -0.3 is 14.4 Å². The van der Waals surface area contributed by atoms with Crippen molar-refractivity contribution in [2.45, 2.75) is 45.6 Å². The molecule has 1 fully saturated rings. The van der Waals surface area contributed by atoms with Gasteiger partial charge in [0.1, 0.15) is 5.82 Å². The number of aromatic nitrogens is 2. The first-order chi connectivity index (χ1) is 10.7. The Hall–Kier alpha value is -1.85. The summed E-state index contributed by atoms with van der Waals surface area (Å²) in [6, 6.07) is 0. The van der Waals surface area contributed by atoms with Gasteiger partial charge in [0.05, 0.1) is 5.92 Å². The maximum absolute atomic E-state index is 12.5. The lowest BCUT2D eigenvalue weighted by atomic mass is 10.1. The Bertz CT molecular complexity index is 573. The molecular formula is C17H28N4O2. The SMILES string of the molecule is CN(CCCc1nccn1C)C(=O)[C@H]1CC(=O)N(C(C)(C)C)C1. The van der Waals surface area contributed by atoms with E-state index in [9.17, 15) is 9.59 Å². The van der Waals surface area contributed by atoms with Crippen LogP contribution in [-0.4, -0.2) is 56.8 Å². The van der Waals surface area contributed by atoms with Crippen molar-refractivity contribution >= 4 is 11.8 Å². The number of likely N-dealkylation sites (tertiary alicyclic amines) is 1. The molecule has 1 saturated heterocycles. The molecule has 1 aromatic rings. The van der Waals surface area contributed by atoms with Gasteiger partial charge in [-0.25, -0.2) is 4.98 Å². The Balaban J connectivity index is 1.83. The molecule has 1 atom stereocenters. The lowest BCUT2D eigenvalue weighted by Crippen LogP contribution is -2.43. The Labute approximate surface area is 138 Å². The number of amides is 2. The zero-order valence-corrected chi connectivity index (χ0v) is 14.9. The molecule has 0 saturated carbocycles. The fourth-order valence-electron chi connectivity index (χ4n) is 3.05. The number of carbonyl (C=O) groups is 2. The normalized spacial score (nSPS) is 18.6. The first-order valence-electron chi connectivity index (χ1n) is 8.22. The maximum Gasteiger partial charge on any atom is 0.227 e. The molecule has 2 heterocycles. The van der Waals surface area contributed by atoms with Crippen LogP contribution in [0, 0.1) is 5.92 Å². The summed E-state index contributed by atoms with van der Waals surface area (Å²) in [5, 5.41) is 0. The van der Waals surface area contributed by atoms with Crippen molar-refractivity contribution in [3.8, 4) is 0 Å². The predicted octanol–water partition coefficient (Wildman–Crippen LogP) is 1.46. The monoisotopic (exact) mass is 320 g/mol. The molecule has 1 aliphatic heterocycles. The number of rotatable bonds is 5. The number of aryl methyl sites for hydroxylation is 2. The van der Waals surface area contributed by atoms with Crippen LogP contribution < -0.4 is 0 Å². The van der Waals surface area contributed by atoms with E-state index in [1.54, 1.807) is 11.1 Å². The summed E-state index contributed by atoms with van der Waals surface area (Å²) < 4.78 is 2.00. The summed E-state index contributed by atoms with van der Waals surface area (Å²) in [6.07, 6.45) is 5.76. The van der Waals surface area contributed by atoms with E-state index < -0.39 is 0 Å². The van der Waals surface area contributed by atoms with E-state index in [0.717, 1.165) is 18.7 Å². The van der Waals surface area contributed by atoms with Crippen molar-refractivity contribution in [1.82, 2.24) is 19.4 Å². The number of carbonyl (C=O) groups excluding carboxylic acids is 2. The third-order valence-electron chi connectivity index (χ3n) is 4.48. The quantitative estimate of drug-likeness (QED) is 0.825. The van der Waals surface area contributed by atoms with Crippen molar-refractivity contribution in [3.63, 3.8) is 0 Å². The van der Waals surface area contributed by atoms with Gasteiger partial charge in [0, 0.05) is 58.0 Å². The Morgan fingerprint density at radius 2 is 2.13 bits per heavy atom. The third kappa shape index (κ3) is 4.12. The lowest BCUT2D eigenvalue weighted by molar-refractivity contribution is -0.134. The van der Waals surface area contributed by atoms with Gasteiger partial charge in [-0.15, -0.1) is 0 Å². The van der Waals surface area contributed by atoms with Crippen LogP contribution in [0.25, 0.3) is 0 Å². The van der Waals surface area contributed by atoms with Crippen molar-refractivity contribution in [2.75, 3.05) is 20.1 Å². The fourth-order valence-corrected chi connectivity index (χ4v) is 3.05. The molecule has 2 amide bonds. The molecule has 0 radical (unpaired) electrons. The Kier molecular flexibility index (Phi) is 5.12. The predicted molar refractivity (Wildman–Crippen MR) is 88.7 cm³/mol. The van der Waals surface area contributed by atoms with Crippen molar-refractivity contribution in [3.05, 3.63) is 18.2 Å². The molecular weight excluding hydrogens is 292 g/mol. The van der Waals surface area contributed by atoms with E-state index in [4.69, 9.17) is 0 Å². The molecule has 0 unspecified atom stereocenters. The van der Waals surface area contributed by atoms with Gasteiger partial charge in [-0.1, -0.05) is 0 Å². The van der Waals surface area contributed by atoms with Gasteiger partial charge in [-0.2, -0.15) is 0 Å². The number of imidazole rings is 1. The zero-order chi connectivity index (χ0) is 17.2. The molecule has 6 nitrogen and oxygen atoms in total. The molecule has 1 aromatic heterocycles. The van der Waals surface area contributed by atoms with Gasteiger partial charge in [0.2, 0.25) is 11.8 Å². The first kappa shape index (κ1) is 17.5. The lowest BCUT2D eigenvalue weighted by Gasteiger charge is -2.32. The standard InChI is InChI=1S/C17H28N4O2/c1-17(2,3)21-12-13(11-15(21)22)16(23)20(5)9-6-7-14-18-8-10-19(14)4/h8,10,13H,6-7,9,11-12H2,1-5H3/t13-/m0/s1. The fraction of sp³-hybridized carbons (Fsp3) is 0.706. The molecule has 1 aliphatic rings. The molecule has 128 valence electrons. The molecule has 0 spiro atoms. The van der Waals surface area contributed by atoms with Crippen molar-refractivity contribution in [2.24, 2.45) is 13.0 Å². The molecule has 2 rings (SSSR count). The summed E-state index contributed by atoms with van der Waals surface area (Å²) in [7, 11) is 3.80. The van der Waals surface area contributed by atoms with Crippen LogP contribution >= 0.6 is 0 Å². The van der Waals surface area contributed by atoms with Crippen LogP contribution in [0.5, 0.6) is 0 Å². The zero-order valence-electron chi connectivity index (χ0n) is 14.9. The average Bonchev–Trinajstić information content (AvgIpc) is 3.04. The van der Waals surface area contributed by atoms with Gasteiger partial charge >= 0.3 is 0 Å². The number of nitrogens with zero attached hydrogens (tertiary/aromatic N) is 4. The topological polar surface area (TPSA) is 58.4 Å². The van der Waals surface area contributed by atoms with Gasteiger partial charge in [-0.3, -0.25) is 9.59 Å². The minimum absolute atomic E-state index is 0.0740. The van der Waals surface area contributed by atoms with Crippen LogP contribution in [0.2, 0.25) is 0 Å². The van der Waals surface area contributed by atoms with Crippen molar-refractivity contribution < 1.29 is 9.59 Å². The summed E-state index contributed by atoms with van der Waals surface area (Å²) in [6.45, 7) is 7.24. The molecule has 0 aromatic carbocycles. The molecule has 0 N–H and O–H groups in total. The van der Waals surface area contributed by atoms with Gasteiger partial charge in [-0.05, 0) is 27.2 Å². The van der Waals surface area contributed by atoms with Crippen molar-refractivity contribution in [1.29, 1.82) is 0 Å². The van der Waals surface area contributed by atoms with E-state index in [-0.39, 0.29) is 23.3 Å². The smallest absolute Gasteiger partial charge is 0.227 e. The Morgan fingerprint density at radius 3 is 2.65 bits per heavy atom. The Morgan fingerprint density at radius 1 is 1.43 bits per heavy atom. The van der Waals surface area contributed by atoms with Crippen LogP contribution in [-0.2, 0) is 23.1 Å². The van der Waals surface area contributed by atoms with Crippen LogP contribution in [0.15, 0.2) is 12.4 Å². The second-order valence-electron chi connectivity index (χ2n) is 7.39. The van der Waals surface area contributed by atoms with Crippen LogP contribution in [0.4, 0.5) is 0 Å². The molecule has 0 aliphatic carbocycles. The van der Waals surface area contributed by atoms with E-state index in [1.165, 1.54) is 0 Å². The largest absolute Gasteiger partial charge is 0.345 e. The molecule has 23 heavy (non-hydrogen) atoms. The number of hydrogen-bond donors (Lipinski definition) is 0. The third-order valence-corrected chi connectivity index (χ3v) is 4.48. The van der Waals surface area contributed by atoms with E-state index in [1.807, 2.05) is 50.5 Å². The average molecular weight is 320 g/mol. The summed E-state index contributed by atoms with van der Waals surface area (Å²) in [5.74, 6) is 0.975. The van der Waals surface area contributed by atoms with Crippen LogP contribution in [0.3, 0.4) is 0 Å². The van der Waals surface area contributed by atoms with Gasteiger partial charge in [0.25, 0.3) is 0 Å². The van der Waals surface area contributed by atoms with Gasteiger partial charge in [0.15, 0.2) is 0 Å².